The Hall–Kier alpha value is -3.74. The Kier molecular flexibility index (Phi) is 7.27. The Morgan fingerprint density at radius 3 is 2.00 bits per heavy atom. The van der Waals surface area contributed by atoms with E-state index in [0.29, 0.717) is 12.1 Å². The second-order valence-electron chi connectivity index (χ2n) is 6.09. The number of nitrogens with zero attached hydrogens (tertiary/aromatic N) is 2. The molecule has 0 aliphatic rings. The molecule has 1 N–H and O–H groups in total. The molecule has 0 fully saturated rings. The van der Waals surface area contributed by atoms with Crippen molar-refractivity contribution in [3.8, 4) is 17.6 Å². The summed E-state index contributed by atoms with van der Waals surface area (Å²) in [7, 11) is -4.78. The molecule has 0 heterocycles. The number of hydrogen-bond acceptors (Lipinski definition) is 7. The Morgan fingerprint density at radius 1 is 0.970 bits per heavy atom. The van der Waals surface area contributed by atoms with Crippen molar-refractivity contribution < 1.29 is 49.2 Å². The van der Waals surface area contributed by atoms with Gasteiger partial charge in [0.15, 0.2) is 19.0 Å². The summed E-state index contributed by atoms with van der Waals surface area (Å²) in [6.45, 7) is -3.97. The number of alkyl halides is 6. The van der Waals surface area contributed by atoms with Crippen LogP contribution in [0.25, 0.3) is 0 Å². The highest BCUT2D eigenvalue weighted by molar-refractivity contribution is 7.92. The molecule has 33 heavy (non-hydrogen) atoms. The smallest absolute Gasteiger partial charge is 0.422 e. The summed E-state index contributed by atoms with van der Waals surface area (Å²) in [6, 6.07) is 6.36. The van der Waals surface area contributed by atoms with Crippen molar-refractivity contribution in [1.82, 2.24) is 0 Å². The molecule has 0 saturated carbocycles. The highest BCUT2D eigenvalue weighted by atomic mass is 32.2. The molecule has 0 amide bonds. The lowest BCUT2D eigenvalue weighted by Crippen LogP contribution is -2.23. The van der Waals surface area contributed by atoms with E-state index in [9.17, 15) is 50.1 Å². The third kappa shape index (κ3) is 7.14. The second-order valence-corrected chi connectivity index (χ2v) is 7.75. The molecule has 0 saturated heterocycles. The molecule has 0 atom stereocenters. The first kappa shape index (κ1) is 25.5. The van der Waals surface area contributed by atoms with Gasteiger partial charge in [-0.05, 0) is 24.3 Å². The zero-order valence-electron chi connectivity index (χ0n) is 15.9. The number of nitro benzene ring substituents is 1. The number of sulfonamides is 1. The molecule has 0 bridgehead atoms. The van der Waals surface area contributed by atoms with Gasteiger partial charge >= 0.3 is 12.4 Å². The molecule has 0 radical (unpaired) electrons. The number of benzene rings is 2. The van der Waals surface area contributed by atoms with E-state index in [2.05, 4.69) is 9.47 Å². The predicted octanol–water partition coefficient (Wildman–Crippen LogP) is 4.15. The second kappa shape index (κ2) is 9.40. The summed E-state index contributed by atoms with van der Waals surface area (Å²) in [6.07, 6.45) is -9.84. The molecule has 2 aromatic carbocycles. The molecule has 16 heteroatoms. The van der Waals surface area contributed by atoms with Crippen LogP contribution in [0.3, 0.4) is 0 Å². The highest BCUT2D eigenvalue weighted by Crippen LogP contribution is 2.37. The summed E-state index contributed by atoms with van der Waals surface area (Å²) in [5.41, 5.74) is -1.64. The van der Waals surface area contributed by atoms with Crippen LogP contribution in [0.2, 0.25) is 0 Å². The minimum absolute atomic E-state index is 0.238. The van der Waals surface area contributed by atoms with E-state index in [1.54, 1.807) is 0 Å². The van der Waals surface area contributed by atoms with Crippen molar-refractivity contribution in [1.29, 1.82) is 5.26 Å². The lowest BCUT2D eigenvalue weighted by Gasteiger charge is -2.18. The van der Waals surface area contributed by atoms with Crippen molar-refractivity contribution >= 4 is 21.4 Å². The van der Waals surface area contributed by atoms with E-state index >= 15 is 0 Å². The van der Waals surface area contributed by atoms with Gasteiger partial charge in [-0.25, -0.2) is 8.42 Å². The largest absolute Gasteiger partial charge is 0.483 e. The lowest BCUT2D eigenvalue weighted by molar-refractivity contribution is -0.384. The number of halogens is 6. The van der Waals surface area contributed by atoms with Gasteiger partial charge < -0.3 is 9.47 Å². The topological polar surface area (TPSA) is 132 Å². The molecule has 0 aromatic heterocycles. The third-order valence-corrected chi connectivity index (χ3v) is 4.99. The van der Waals surface area contributed by atoms with E-state index in [1.807, 2.05) is 4.72 Å². The molecule has 0 spiro atoms. The molecule has 9 nitrogen and oxygen atoms in total. The lowest BCUT2D eigenvalue weighted by atomic mass is 10.2. The van der Waals surface area contributed by atoms with Crippen molar-refractivity contribution in [3.63, 3.8) is 0 Å². The molecule has 0 unspecified atom stereocenters. The summed E-state index contributed by atoms with van der Waals surface area (Å²) in [5.74, 6) is -2.05. The van der Waals surface area contributed by atoms with Gasteiger partial charge in [0, 0.05) is 17.8 Å². The minimum Gasteiger partial charge on any atom is -0.483 e. The first-order valence-electron chi connectivity index (χ1n) is 8.36. The number of non-ortho nitro benzene ring substituents is 1. The SMILES string of the molecule is N#Cc1c(OCC(F)(F)F)ccc(S(=O)(=O)Nc2ccc([N+](=O)[O-])cc2)c1OCC(F)(F)F. The van der Waals surface area contributed by atoms with Crippen molar-refractivity contribution in [2.75, 3.05) is 17.9 Å². The van der Waals surface area contributed by atoms with Gasteiger partial charge in [-0.15, -0.1) is 0 Å². The molecular formula is C17H11F6N3O6S. The quantitative estimate of drug-likeness (QED) is 0.328. The van der Waals surface area contributed by atoms with E-state index in [0.717, 1.165) is 24.3 Å². The zero-order chi connectivity index (χ0) is 25.0. The first-order chi connectivity index (χ1) is 15.1. The van der Waals surface area contributed by atoms with Crippen LogP contribution in [0.1, 0.15) is 5.56 Å². The Labute approximate surface area is 181 Å². The van der Waals surface area contributed by atoms with Crippen LogP contribution in [0.15, 0.2) is 41.3 Å². The molecule has 2 aromatic rings. The van der Waals surface area contributed by atoms with Crippen LogP contribution in [0.5, 0.6) is 11.5 Å². The van der Waals surface area contributed by atoms with E-state index in [-0.39, 0.29) is 11.4 Å². The Bertz CT molecular complexity index is 1170. The molecule has 178 valence electrons. The molecule has 0 aliphatic heterocycles. The number of anilines is 1. The number of ether oxygens (including phenoxy) is 2. The fourth-order valence-electron chi connectivity index (χ4n) is 2.30. The normalized spacial score (nSPS) is 12.0. The Morgan fingerprint density at radius 2 is 1.52 bits per heavy atom. The van der Waals surface area contributed by atoms with Crippen LogP contribution in [-0.4, -0.2) is 38.9 Å². The van der Waals surface area contributed by atoms with Gasteiger partial charge in [-0.2, -0.15) is 31.6 Å². The maximum atomic E-state index is 12.7. The third-order valence-electron chi connectivity index (χ3n) is 3.59. The van der Waals surface area contributed by atoms with Crippen LogP contribution >= 0.6 is 0 Å². The number of nitro groups is 1. The average Bonchev–Trinajstić information content (AvgIpc) is 2.69. The Balaban J connectivity index is 2.52. The minimum atomic E-state index is -4.98. The fourth-order valence-corrected chi connectivity index (χ4v) is 3.51. The molecular weight excluding hydrogens is 488 g/mol. The summed E-state index contributed by atoms with van der Waals surface area (Å²) < 4.78 is 111. The molecule has 0 aliphatic carbocycles. The average molecular weight is 499 g/mol. The van der Waals surface area contributed by atoms with Crippen molar-refractivity contribution in [3.05, 3.63) is 52.1 Å². The maximum absolute atomic E-state index is 12.7. The number of rotatable bonds is 8. The standard InChI is InChI=1S/C17H11F6N3O6S/c18-16(19,20)8-31-13-5-6-14(15(12(13)7-24)32-9-17(21,22)23)33(29,30)25-10-1-3-11(4-2-10)26(27)28/h1-6,25H,8-9H2. The van der Waals surface area contributed by atoms with Crippen LogP contribution < -0.4 is 14.2 Å². The summed E-state index contributed by atoms with van der Waals surface area (Å²) in [4.78, 5) is 8.90. The van der Waals surface area contributed by atoms with Crippen LogP contribution in [-0.2, 0) is 10.0 Å². The highest BCUT2D eigenvalue weighted by Gasteiger charge is 2.34. The van der Waals surface area contributed by atoms with Crippen LogP contribution in [0, 0.1) is 21.4 Å². The summed E-state index contributed by atoms with van der Waals surface area (Å²) >= 11 is 0. The van der Waals surface area contributed by atoms with Gasteiger partial charge in [0.05, 0.1) is 4.92 Å². The van der Waals surface area contributed by atoms with E-state index < -0.39 is 62.5 Å². The zero-order valence-corrected chi connectivity index (χ0v) is 16.7. The monoisotopic (exact) mass is 499 g/mol. The van der Waals surface area contributed by atoms with Gasteiger partial charge in [0.25, 0.3) is 15.7 Å². The maximum Gasteiger partial charge on any atom is 0.422 e. The van der Waals surface area contributed by atoms with E-state index in [1.165, 1.54) is 6.07 Å². The summed E-state index contributed by atoms with van der Waals surface area (Å²) in [5, 5.41) is 19.9. The number of nitriles is 1. The van der Waals surface area contributed by atoms with Gasteiger partial charge in [-0.1, -0.05) is 0 Å². The molecule has 2 rings (SSSR count). The van der Waals surface area contributed by atoms with Gasteiger partial charge in [-0.3, -0.25) is 14.8 Å². The number of nitrogens with one attached hydrogen (secondary N) is 1. The predicted molar refractivity (Wildman–Crippen MR) is 98.2 cm³/mol. The van der Waals surface area contributed by atoms with Gasteiger partial charge in [0.1, 0.15) is 22.3 Å². The first-order valence-corrected chi connectivity index (χ1v) is 9.85. The fraction of sp³-hybridized carbons (Fsp3) is 0.235. The van der Waals surface area contributed by atoms with E-state index in [4.69, 9.17) is 0 Å². The number of hydrogen-bond donors (Lipinski definition) is 1. The van der Waals surface area contributed by atoms with Crippen molar-refractivity contribution in [2.24, 2.45) is 0 Å². The van der Waals surface area contributed by atoms with Crippen LogP contribution in [0.4, 0.5) is 37.7 Å². The van der Waals surface area contributed by atoms with Gasteiger partial charge in [0.2, 0.25) is 0 Å². The van der Waals surface area contributed by atoms with Crippen molar-refractivity contribution in [2.45, 2.75) is 17.2 Å².